The first kappa shape index (κ1) is 36.7. The number of nitrogens with zero attached hydrogens (tertiary/aromatic N) is 4. The van der Waals surface area contributed by atoms with E-state index in [-0.39, 0.29) is 12.3 Å². The summed E-state index contributed by atoms with van der Waals surface area (Å²) in [6.45, 7) is 2.32. The molecule has 64 heavy (non-hydrogen) atoms. The summed E-state index contributed by atoms with van der Waals surface area (Å²) in [7, 11) is 0. The van der Waals surface area contributed by atoms with Crippen LogP contribution in [0.5, 0.6) is 0 Å². The molecule has 0 spiro atoms. The van der Waals surface area contributed by atoms with Gasteiger partial charge in [0.15, 0.2) is 6.17 Å². The molecular weight excluding hydrogens is 781 g/mol. The van der Waals surface area contributed by atoms with Gasteiger partial charge < -0.3 is 19.0 Å². The third kappa shape index (κ3) is 5.66. The lowest BCUT2D eigenvalue weighted by atomic mass is 10.0. The molecule has 0 radical (unpaired) electrons. The summed E-state index contributed by atoms with van der Waals surface area (Å²) in [5.74, 6) is 1.34. The molecule has 0 bridgehead atoms. The molecule has 13 rings (SSSR count). The number of rotatable bonds is 6. The second kappa shape index (κ2) is 14.6. The Morgan fingerprint density at radius 2 is 1.19 bits per heavy atom. The van der Waals surface area contributed by atoms with Crippen molar-refractivity contribution in [1.29, 1.82) is 0 Å². The number of allylic oxidation sites excluding steroid dienone is 4. The molecule has 0 saturated heterocycles. The molecule has 3 unspecified atom stereocenters. The standard InChI is InChI=1S/C58H44N6/c1-37-17-15-24-41(35-37)63-50-30-16-27-47(58-60-56(38-18-5-2-6-19-38)59-57(61-58)39-20-7-3-8-21-39)53(50)46-32-31-42(36-52(46)63)62-49-29-14-12-26-45(49)54-51(62)34-33-44-43-25-11-13-28-48(43)64(55(44)54)40-22-9-4-10-23-40/h2-16,18-37,56,58,60H,17H2,1H3,(H,59,61)/p+1. The predicted octanol–water partition coefficient (Wildman–Crippen LogP) is 12.7. The molecule has 1 aliphatic carbocycles. The SMILES string of the molecule is CC1C=C(n2c3cc(-n4c5ccccc5c5c4ccc4c6ccccc6n(-c6ccccc6)c45)ccc3c3c(C4NC(c5ccccc5)=NC(c5ccccc5)[NH2+]4)cccc32)C=CC1. The largest absolute Gasteiger partial charge is 0.317 e. The van der Waals surface area contributed by atoms with Crippen LogP contribution in [0.2, 0.25) is 0 Å². The lowest BCUT2D eigenvalue weighted by molar-refractivity contribution is -0.739. The van der Waals surface area contributed by atoms with Gasteiger partial charge in [-0.2, -0.15) is 0 Å². The van der Waals surface area contributed by atoms with Gasteiger partial charge in [-0.05, 0) is 66.9 Å². The highest BCUT2D eigenvalue weighted by Gasteiger charge is 2.32. The van der Waals surface area contributed by atoms with Crippen LogP contribution in [-0.2, 0) is 0 Å². The third-order valence-corrected chi connectivity index (χ3v) is 13.5. The van der Waals surface area contributed by atoms with Gasteiger partial charge >= 0.3 is 0 Å². The number of quaternary nitrogens is 1. The van der Waals surface area contributed by atoms with Gasteiger partial charge in [0.2, 0.25) is 6.17 Å². The van der Waals surface area contributed by atoms with Crippen LogP contribution in [0.3, 0.4) is 0 Å². The Labute approximate surface area is 370 Å². The molecule has 4 heterocycles. The topological polar surface area (TPSA) is 55.8 Å². The molecule has 306 valence electrons. The molecule has 0 saturated carbocycles. The van der Waals surface area contributed by atoms with E-state index < -0.39 is 0 Å². The fourth-order valence-corrected chi connectivity index (χ4v) is 10.7. The molecule has 2 aliphatic rings. The maximum Gasteiger partial charge on any atom is 0.209 e. The number of para-hydroxylation sites is 3. The molecule has 1 aliphatic heterocycles. The zero-order valence-corrected chi connectivity index (χ0v) is 35.4. The number of hydrogen-bond donors (Lipinski definition) is 2. The van der Waals surface area contributed by atoms with Gasteiger partial charge in [-0.3, -0.25) is 5.32 Å². The smallest absolute Gasteiger partial charge is 0.209 e. The number of amidine groups is 1. The number of fused-ring (bicyclic) bond motifs is 10. The minimum atomic E-state index is -0.106. The molecule has 6 nitrogen and oxygen atoms in total. The minimum absolute atomic E-state index is 0.0914. The highest BCUT2D eigenvalue weighted by molar-refractivity contribution is 6.26. The second-order valence-electron chi connectivity index (χ2n) is 17.4. The predicted molar refractivity (Wildman–Crippen MR) is 265 cm³/mol. The maximum atomic E-state index is 5.29. The number of nitrogens with two attached hydrogens (primary N) is 1. The highest BCUT2D eigenvalue weighted by Crippen LogP contribution is 2.44. The first-order valence-electron chi connectivity index (χ1n) is 22.4. The number of benzene rings is 8. The van der Waals surface area contributed by atoms with Crippen LogP contribution in [0.1, 0.15) is 42.4 Å². The van der Waals surface area contributed by atoms with E-state index in [0.29, 0.717) is 5.92 Å². The average molecular weight is 826 g/mol. The van der Waals surface area contributed by atoms with E-state index in [1.54, 1.807) is 0 Å². The first-order chi connectivity index (χ1) is 31.7. The van der Waals surface area contributed by atoms with Gasteiger partial charge in [0.1, 0.15) is 5.84 Å². The van der Waals surface area contributed by atoms with Gasteiger partial charge in [0.25, 0.3) is 0 Å². The van der Waals surface area contributed by atoms with Crippen molar-refractivity contribution in [2.45, 2.75) is 25.7 Å². The lowest BCUT2D eigenvalue weighted by Crippen LogP contribution is -2.90. The molecular formula is C58H45N6+. The average Bonchev–Trinajstić information content (AvgIpc) is 4.00. The summed E-state index contributed by atoms with van der Waals surface area (Å²) < 4.78 is 7.45. The zero-order chi connectivity index (χ0) is 42.3. The van der Waals surface area contributed by atoms with Crippen molar-refractivity contribution in [2.24, 2.45) is 10.9 Å². The number of aliphatic imine (C=N–C) groups is 1. The first-order valence-corrected chi connectivity index (χ1v) is 22.4. The second-order valence-corrected chi connectivity index (χ2v) is 17.4. The van der Waals surface area contributed by atoms with E-state index in [9.17, 15) is 0 Å². The van der Waals surface area contributed by atoms with E-state index >= 15 is 0 Å². The number of hydrogen-bond acceptors (Lipinski definition) is 2. The maximum absolute atomic E-state index is 5.29. The van der Waals surface area contributed by atoms with Crippen molar-refractivity contribution in [1.82, 2.24) is 19.0 Å². The van der Waals surface area contributed by atoms with Crippen molar-refractivity contribution in [3.05, 3.63) is 223 Å². The molecule has 3 aromatic heterocycles. The Morgan fingerprint density at radius 3 is 1.98 bits per heavy atom. The van der Waals surface area contributed by atoms with E-state index in [4.69, 9.17) is 4.99 Å². The fourth-order valence-electron chi connectivity index (χ4n) is 10.7. The molecule has 6 heteroatoms. The summed E-state index contributed by atoms with van der Waals surface area (Å²) in [6, 6.07) is 68.4. The molecule has 0 fully saturated rings. The monoisotopic (exact) mass is 825 g/mol. The molecule has 3 atom stereocenters. The van der Waals surface area contributed by atoms with E-state index in [1.165, 1.54) is 82.2 Å². The van der Waals surface area contributed by atoms with Crippen LogP contribution in [-0.4, -0.2) is 19.5 Å². The van der Waals surface area contributed by atoms with Crippen LogP contribution in [0.25, 0.3) is 82.5 Å². The van der Waals surface area contributed by atoms with Crippen LogP contribution in [0.15, 0.2) is 211 Å². The summed E-state index contributed by atoms with van der Waals surface area (Å²) >= 11 is 0. The van der Waals surface area contributed by atoms with Crippen LogP contribution >= 0.6 is 0 Å². The van der Waals surface area contributed by atoms with Gasteiger partial charge in [-0.1, -0.05) is 159 Å². The van der Waals surface area contributed by atoms with Crippen molar-refractivity contribution >= 4 is 77.0 Å². The van der Waals surface area contributed by atoms with Crippen LogP contribution < -0.4 is 10.6 Å². The quantitative estimate of drug-likeness (QED) is 0.172. The van der Waals surface area contributed by atoms with E-state index in [2.05, 4.69) is 238 Å². The Hall–Kier alpha value is -7.93. The Kier molecular flexibility index (Phi) is 8.36. The fraction of sp³-hybridized carbons (Fsp3) is 0.0862. The van der Waals surface area contributed by atoms with Crippen molar-refractivity contribution in [2.75, 3.05) is 0 Å². The van der Waals surface area contributed by atoms with Crippen LogP contribution in [0, 0.1) is 5.92 Å². The Morgan fingerprint density at radius 1 is 0.531 bits per heavy atom. The molecule has 3 N–H and O–H groups in total. The van der Waals surface area contributed by atoms with Crippen LogP contribution in [0.4, 0.5) is 0 Å². The summed E-state index contributed by atoms with van der Waals surface area (Å²) in [4.78, 5) is 5.29. The lowest BCUT2D eigenvalue weighted by Gasteiger charge is -2.29. The number of aromatic nitrogens is 3. The Bertz CT molecular complexity index is 3720. The van der Waals surface area contributed by atoms with Gasteiger partial charge in [0.05, 0.1) is 33.1 Å². The third-order valence-electron chi connectivity index (χ3n) is 13.5. The molecule has 0 amide bonds. The van der Waals surface area contributed by atoms with E-state index in [1.807, 2.05) is 0 Å². The van der Waals surface area contributed by atoms with Crippen molar-refractivity contribution in [3.8, 4) is 11.4 Å². The highest BCUT2D eigenvalue weighted by atomic mass is 15.3. The summed E-state index contributed by atoms with van der Waals surface area (Å²) in [6.07, 6.45) is 7.92. The van der Waals surface area contributed by atoms with Crippen molar-refractivity contribution < 1.29 is 5.32 Å². The van der Waals surface area contributed by atoms with Gasteiger partial charge in [0, 0.05) is 66.1 Å². The summed E-state index contributed by atoms with van der Waals surface area (Å²) in [5.41, 5.74) is 14.2. The normalized spacial score (nSPS) is 17.7. The minimum Gasteiger partial charge on any atom is -0.317 e. The molecule has 8 aromatic carbocycles. The summed E-state index contributed by atoms with van der Waals surface area (Å²) in [5, 5.41) is 13.8. The van der Waals surface area contributed by atoms with Crippen molar-refractivity contribution in [3.63, 3.8) is 0 Å². The Balaban J connectivity index is 1.06. The number of nitrogens with one attached hydrogen (secondary N) is 1. The van der Waals surface area contributed by atoms with E-state index in [0.717, 1.165) is 29.2 Å². The molecule has 11 aromatic rings. The zero-order valence-electron chi connectivity index (χ0n) is 35.4. The van der Waals surface area contributed by atoms with Gasteiger partial charge in [-0.15, -0.1) is 0 Å². The van der Waals surface area contributed by atoms with Gasteiger partial charge in [-0.25, -0.2) is 4.99 Å².